The van der Waals surface area contributed by atoms with Crippen LogP contribution in [0.25, 0.3) is 0 Å². The Labute approximate surface area is 113 Å². The molecule has 1 aromatic rings. The number of carbonyl (C=O) groups is 1. The first-order valence-corrected chi connectivity index (χ1v) is 6.51. The van der Waals surface area contributed by atoms with Gasteiger partial charge in [-0.05, 0) is 24.1 Å². The number of nitrogens with two attached hydrogens (primary N) is 1. The number of hydrogen-bond acceptors (Lipinski definition) is 5. The molecule has 0 radical (unpaired) electrons. The van der Waals surface area contributed by atoms with Gasteiger partial charge in [0.1, 0.15) is 18.4 Å². The molecule has 19 heavy (non-hydrogen) atoms. The molecule has 0 aromatic heterocycles. The molecular formula is C14H20N2O3. The van der Waals surface area contributed by atoms with E-state index in [1.165, 1.54) is 7.11 Å². The Morgan fingerprint density at radius 2 is 2.37 bits per heavy atom. The summed E-state index contributed by atoms with van der Waals surface area (Å²) in [4.78, 5) is 13.9. The number of esters is 1. The smallest absolute Gasteiger partial charge is 0.328 e. The van der Waals surface area contributed by atoms with Crippen molar-refractivity contribution >= 4 is 11.7 Å². The van der Waals surface area contributed by atoms with Gasteiger partial charge in [0.05, 0.1) is 19.3 Å². The molecule has 1 atom stereocenters. The van der Waals surface area contributed by atoms with Crippen LogP contribution in [0.15, 0.2) is 18.2 Å². The van der Waals surface area contributed by atoms with Gasteiger partial charge in [-0.25, -0.2) is 4.79 Å². The van der Waals surface area contributed by atoms with Crippen molar-refractivity contribution in [1.82, 2.24) is 0 Å². The predicted molar refractivity (Wildman–Crippen MR) is 73.3 cm³/mol. The first-order chi connectivity index (χ1) is 9.21. The normalized spacial score (nSPS) is 15.4. The van der Waals surface area contributed by atoms with E-state index >= 15 is 0 Å². The zero-order valence-corrected chi connectivity index (χ0v) is 11.4. The topological polar surface area (TPSA) is 64.8 Å². The summed E-state index contributed by atoms with van der Waals surface area (Å²) in [7, 11) is 1.42. The van der Waals surface area contributed by atoms with Crippen LogP contribution in [0.2, 0.25) is 0 Å². The lowest BCUT2D eigenvalue weighted by Gasteiger charge is -2.35. The molecule has 1 unspecified atom stereocenters. The summed E-state index contributed by atoms with van der Waals surface area (Å²) in [6.07, 6.45) is 0.699. The van der Waals surface area contributed by atoms with Crippen LogP contribution in [-0.4, -0.2) is 32.3 Å². The van der Waals surface area contributed by atoms with Crippen LogP contribution in [0, 0.1) is 0 Å². The first-order valence-electron chi connectivity index (χ1n) is 6.51. The van der Waals surface area contributed by atoms with Crippen LogP contribution in [-0.2, 0) is 16.1 Å². The molecule has 2 N–H and O–H groups in total. The second-order valence-corrected chi connectivity index (χ2v) is 4.50. The van der Waals surface area contributed by atoms with Crippen LogP contribution in [0.3, 0.4) is 0 Å². The minimum atomic E-state index is -0.267. The highest BCUT2D eigenvalue weighted by molar-refractivity contribution is 5.81. The fourth-order valence-electron chi connectivity index (χ4n) is 2.39. The molecule has 5 heteroatoms. The molecule has 0 fully saturated rings. The third-order valence-corrected chi connectivity index (χ3v) is 3.40. The van der Waals surface area contributed by atoms with Crippen LogP contribution in [0.1, 0.15) is 18.9 Å². The van der Waals surface area contributed by atoms with E-state index in [1.807, 2.05) is 30.0 Å². The van der Waals surface area contributed by atoms with Crippen molar-refractivity contribution in [3.05, 3.63) is 23.8 Å². The largest absolute Gasteiger partial charge is 0.490 e. The number of fused-ring (bicyclic) bond motifs is 1. The Morgan fingerprint density at radius 1 is 1.58 bits per heavy atom. The summed E-state index contributed by atoms with van der Waals surface area (Å²) in [6, 6.07) is 5.59. The first kappa shape index (κ1) is 13.7. The number of rotatable bonds is 4. The minimum absolute atomic E-state index is 0.210. The zero-order chi connectivity index (χ0) is 13.8. The summed E-state index contributed by atoms with van der Waals surface area (Å²) in [5.74, 6) is 0.579. The van der Waals surface area contributed by atoms with Crippen LogP contribution < -0.4 is 15.4 Å². The van der Waals surface area contributed by atoms with Gasteiger partial charge in [0.2, 0.25) is 0 Å². The number of nitrogens with zero attached hydrogens (tertiary/aromatic N) is 1. The van der Waals surface area contributed by atoms with Crippen molar-refractivity contribution in [2.75, 3.05) is 25.2 Å². The standard InChI is InChI=1S/C14H20N2O3/c1-3-11(14(17)18-2)16-6-7-19-13-8-10(9-15)4-5-12(13)16/h4-5,8,11H,3,6-7,9,15H2,1-2H3. The zero-order valence-electron chi connectivity index (χ0n) is 11.4. The Bertz CT molecular complexity index is 462. The summed E-state index contributed by atoms with van der Waals surface area (Å²) in [5.41, 5.74) is 7.58. The number of hydrogen-bond donors (Lipinski definition) is 1. The number of methoxy groups -OCH3 is 1. The van der Waals surface area contributed by atoms with E-state index < -0.39 is 0 Å². The Balaban J connectivity index is 2.33. The highest BCUT2D eigenvalue weighted by Gasteiger charge is 2.29. The number of carbonyl (C=O) groups excluding carboxylic acids is 1. The van der Waals surface area contributed by atoms with E-state index in [-0.39, 0.29) is 12.0 Å². The molecule has 0 spiro atoms. The van der Waals surface area contributed by atoms with Crippen molar-refractivity contribution in [1.29, 1.82) is 0 Å². The SMILES string of the molecule is CCC(C(=O)OC)N1CCOc2cc(CN)ccc21. The molecule has 1 aromatic carbocycles. The van der Waals surface area contributed by atoms with Gasteiger partial charge < -0.3 is 20.1 Å². The Kier molecular flexibility index (Phi) is 4.27. The van der Waals surface area contributed by atoms with Crippen molar-refractivity contribution in [3.63, 3.8) is 0 Å². The monoisotopic (exact) mass is 264 g/mol. The highest BCUT2D eigenvalue weighted by Crippen LogP contribution is 2.34. The van der Waals surface area contributed by atoms with Crippen LogP contribution >= 0.6 is 0 Å². The average molecular weight is 264 g/mol. The molecule has 0 bridgehead atoms. The molecule has 1 aliphatic heterocycles. The number of benzene rings is 1. The Hall–Kier alpha value is -1.75. The second-order valence-electron chi connectivity index (χ2n) is 4.50. The minimum Gasteiger partial charge on any atom is -0.490 e. The quantitative estimate of drug-likeness (QED) is 0.830. The Morgan fingerprint density at radius 3 is 3.00 bits per heavy atom. The fourth-order valence-corrected chi connectivity index (χ4v) is 2.39. The van der Waals surface area contributed by atoms with E-state index in [0.717, 1.165) is 17.0 Å². The second kappa shape index (κ2) is 5.93. The maximum Gasteiger partial charge on any atom is 0.328 e. The number of anilines is 1. The van der Waals surface area contributed by atoms with Gasteiger partial charge in [-0.2, -0.15) is 0 Å². The molecule has 1 aliphatic rings. The molecule has 2 rings (SSSR count). The third kappa shape index (κ3) is 2.66. The van der Waals surface area contributed by atoms with Crippen molar-refractivity contribution in [3.8, 4) is 5.75 Å². The van der Waals surface area contributed by atoms with E-state index in [1.54, 1.807) is 0 Å². The van der Waals surface area contributed by atoms with E-state index in [4.69, 9.17) is 15.2 Å². The lowest BCUT2D eigenvalue weighted by Crippen LogP contribution is -2.45. The van der Waals surface area contributed by atoms with Gasteiger partial charge in [-0.1, -0.05) is 13.0 Å². The van der Waals surface area contributed by atoms with Crippen LogP contribution in [0.5, 0.6) is 5.75 Å². The lowest BCUT2D eigenvalue weighted by atomic mass is 10.1. The number of ether oxygens (including phenoxy) is 2. The molecule has 0 saturated heterocycles. The van der Waals surface area contributed by atoms with Gasteiger partial charge in [-0.3, -0.25) is 0 Å². The van der Waals surface area contributed by atoms with E-state index in [9.17, 15) is 4.79 Å². The average Bonchev–Trinajstić information content (AvgIpc) is 2.47. The van der Waals surface area contributed by atoms with E-state index in [0.29, 0.717) is 26.1 Å². The maximum absolute atomic E-state index is 11.9. The van der Waals surface area contributed by atoms with Gasteiger partial charge >= 0.3 is 5.97 Å². The van der Waals surface area contributed by atoms with Gasteiger partial charge in [0, 0.05) is 6.54 Å². The molecule has 104 valence electrons. The van der Waals surface area contributed by atoms with Crippen molar-refractivity contribution in [2.45, 2.75) is 25.9 Å². The fraction of sp³-hybridized carbons (Fsp3) is 0.500. The van der Waals surface area contributed by atoms with E-state index in [2.05, 4.69) is 0 Å². The lowest BCUT2D eigenvalue weighted by molar-refractivity contribution is -0.142. The van der Waals surface area contributed by atoms with Crippen molar-refractivity contribution in [2.24, 2.45) is 5.73 Å². The molecule has 0 saturated carbocycles. The van der Waals surface area contributed by atoms with Gasteiger partial charge in [-0.15, -0.1) is 0 Å². The summed E-state index contributed by atoms with van der Waals surface area (Å²) in [6.45, 7) is 3.70. The molecule has 1 heterocycles. The predicted octanol–water partition coefficient (Wildman–Crippen LogP) is 1.30. The van der Waals surface area contributed by atoms with Crippen LogP contribution in [0.4, 0.5) is 5.69 Å². The van der Waals surface area contributed by atoms with Gasteiger partial charge in [0.15, 0.2) is 0 Å². The molecule has 0 aliphatic carbocycles. The van der Waals surface area contributed by atoms with Gasteiger partial charge in [0.25, 0.3) is 0 Å². The molecule has 5 nitrogen and oxygen atoms in total. The molecular weight excluding hydrogens is 244 g/mol. The highest BCUT2D eigenvalue weighted by atomic mass is 16.5. The summed E-state index contributed by atoms with van der Waals surface area (Å²) < 4.78 is 10.5. The molecule has 0 amide bonds. The van der Waals surface area contributed by atoms with Crippen molar-refractivity contribution < 1.29 is 14.3 Å². The summed E-state index contributed by atoms with van der Waals surface area (Å²) in [5, 5.41) is 0. The summed E-state index contributed by atoms with van der Waals surface area (Å²) >= 11 is 0. The maximum atomic E-state index is 11.9. The third-order valence-electron chi connectivity index (χ3n) is 3.40.